The molecule has 3 heteroatoms. The lowest BCUT2D eigenvalue weighted by atomic mass is 10.0. The van der Waals surface area contributed by atoms with Crippen molar-refractivity contribution in [1.82, 2.24) is 16.0 Å². The van der Waals surface area contributed by atoms with Crippen molar-refractivity contribution >= 4 is 0 Å². The van der Waals surface area contributed by atoms with Crippen LogP contribution in [0.25, 0.3) is 0 Å². The van der Waals surface area contributed by atoms with Crippen LogP contribution in [0, 0.1) is 0 Å². The third-order valence-corrected chi connectivity index (χ3v) is 2.44. The highest BCUT2D eigenvalue weighted by atomic mass is 15.0. The van der Waals surface area contributed by atoms with E-state index in [9.17, 15) is 0 Å². The second kappa shape index (κ2) is 5.29. The summed E-state index contributed by atoms with van der Waals surface area (Å²) in [4.78, 5) is 0. The number of rotatable bonds is 5. The lowest BCUT2D eigenvalue weighted by Crippen LogP contribution is -2.26. The molecule has 82 valence electrons. The van der Waals surface area contributed by atoms with Gasteiger partial charge in [-0.05, 0) is 30.3 Å². The van der Waals surface area contributed by atoms with Gasteiger partial charge in [-0.2, -0.15) is 0 Å². The van der Waals surface area contributed by atoms with Crippen molar-refractivity contribution in [2.75, 3.05) is 20.1 Å². The van der Waals surface area contributed by atoms with E-state index in [-0.39, 0.29) is 0 Å². The van der Waals surface area contributed by atoms with Crippen molar-refractivity contribution in [2.24, 2.45) is 0 Å². The number of allylic oxidation sites excluding steroid dienone is 2. The van der Waals surface area contributed by atoms with Gasteiger partial charge in [-0.3, -0.25) is 0 Å². The van der Waals surface area contributed by atoms with Gasteiger partial charge >= 0.3 is 0 Å². The van der Waals surface area contributed by atoms with Crippen LogP contribution in [0.4, 0.5) is 0 Å². The molecule has 0 spiro atoms. The van der Waals surface area contributed by atoms with Crippen LogP contribution in [0.3, 0.4) is 0 Å². The maximum absolute atomic E-state index is 4.02. The Morgan fingerprint density at radius 1 is 1.53 bits per heavy atom. The molecule has 0 fully saturated rings. The number of likely N-dealkylation sites (N-methyl/N-ethyl adjacent to an activating group) is 1. The number of dihydropyridines is 1. The standard InChI is InChI=1S/C12H19N3/c1-9-5-6-14-8-12(9)11(3)15-7-10(2)13-4/h5-6,13-15H,2-3,7-8H2,1,4H3. The first-order valence-corrected chi connectivity index (χ1v) is 5.03. The molecule has 0 unspecified atom stereocenters. The minimum Gasteiger partial charge on any atom is -0.390 e. The van der Waals surface area contributed by atoms with E-state index in [0.717, 1.165) is 17.9 Å². The van der Waals surface area contributed by atoms with Crippen molar-refractivity contribution in [3.05, 3.63) is 48.0 Å². The number of hydrogen-bond donors (Lipinski definition) is 3. The Morgan fingerprint density at radius 3 is 2.87 bits per heavy atom. The third kappa shape index (κ3) is 3.20. The van der Waals surface area contributed by atoms with Crippen molar-refractivity contribution in [2.45, 2.75) is 6.92 Å². The molecule has 0 saturated carbocycles. The molecule has 1 heterocycles. The van der Waals surface area contributed by atoms with Gasteiger partial charge in [0, 0.05) is 25.0 Å². The zero-order chi connectivity index (χ0) is 11.3. The van der Waals surface area contributed by atoms with E-state index in [1.165, 1.54) is 11.1 Å². The molecular formula is C12H19N3. The van der Waals surface area contributed by atoms with Gasteiger partial charge < -0.3 is 16.0 Å². The van der Waals surface area contributed by atoms with E-state index in [1.54, 1.807) is 0 Å². The Bertz CT molecular complexity index is 324. The molecule has 0 aromatic rings. The molecule has 0 aromatic carbocycles. The van der Waals surface area contributed by atoms with E-state index >= 15 is 0 Å². The lowest BCUT2D eigenvalue weighted by molar-refractivity contribution is 0.794. The van der Waals surface area contributed by atoms with Crippen LogP contribution in [-0.4, -0.2) is 20.1 Å². The van der Waals surface area contributed by atoms with Crippen molar-refractivity contribution in [3.8, 4) is 0 Å². The molecule has 0 radical (unpaired) electrons. The van der Waals surface area contributed by atoms with Crippen LogP contribution in [-0.2, 0) is 0 Å². The summed E-state index contributed by atoms with van der Waals surface area (Å²) in [5.74, 6) is 0. The zero-order valence-corrected chi connectivity index (χ0v) is 9.48. The normalized spacial score (nSPS) is 14.5. The molecule has 0 amide bonds. The van der Waals surface area contributed by atoms with E-state index < -0.39 is 0 Å². The van der Waals surface area contributed by atoms with Gasteiger partial charge in [0.2, 0.25) is 0 Å². The molecule has 0 saturated heterocycles. The highest BCUT2D eigenvalue weighted by molar-refractivity contribution is 5.40. The van der Waals surface area contributed by atoms with Crippen LogP contribution in [0.2, 0.25) is 0 Å². The minimum absolute atomic E-state index is 0.704. The van der Waals surface area contributed by atoms with Crippen molar-refractivity contribution in [3.63, 3.8) is 0 Å². The fourth-order valence-corrected chi connectivity index (χ4v) is 1.34. The summed E-state index contributed by atoms with van der Waals surface area (Å²) in [6, 6.07) is 0. The largest absolute Gasteiger partial charge is 0.390 e. The van der Waals surface area contributed by atoms with Gasteiger partial charge in [-0.25, -0.2) is 0 Å². The Morgan fingerprint density at radius 2 is 2.27 bits per heavy atom. The Balaban J connectivity index is 2.53. The first-order chi connectivity index (χ1) is 7.15. The summed E-state index contributed by atoms with van der Waals surface area (Å²) in [5, 5.41) is 9.41. The molecule has 0 atom stereocenters. The molecule has 3 N–H and O–H groups in total. The van der Waals surface area contributed by atoms with Gasteiger partial charge in [0.25, 0.3) is 0 Å². The SMILES string of the molecule is C=C(CNC(=C)C1=C(C)C=CNC1)NC. The Labute approximate surface area is 91.6 Å². The predicted octanol–water partition coefficient (Wildman–Crippen LogP) is 1.26. The first-order valence-electron chi connectivity index (χ1n) is 5.03. The van der Waals surface area contributed by atoms with Gasteiger partial charge in [-0.15, -0.1) is 0 Å². The molecular weight excluding hydrogens is 186 g/mol. The maximum atomic E-state index is 4.02. The number of nitrogens with one attached hydrogen (secondary N) is 3. The Hall–Kier alpha value is -1.64. The second-order valence-corrected chi connectivity index (χ2v) is 3.56. The third-order valence-electron chi connectivity index (χ3n) is 2.44. The van der Waals surface area contributed by atoms with Crippen molar-refractivity contribution in [1.29, 1.82) is 0 Å². The molecule has 0 aromatic heterocycles. The maximum Gasteiger partial charge on any atom is 0.0541 e. The predicted molar refractivity (Wildman–Crippen MR) is 65.2 cm³/mol. The summed E-state index contributed by atoms with van der Waals surface area (Å²) in [6.07, 6.45) is 4.01. The molecule has 1 aliphatic heterocycles. The summed E-state index contributed by atoms with van der Waals surface area (Å²) >= 11 is 0. The second-order valence-electron chi connectivity index (χ2n) is 3.56. The average molecular weight is 205 g/mol. The summed E-state index contributed by atoms with van der Waals surface area (Å²) in [7, 11) is 1.86. The first kappa shape index (κ1) is 11.4. The molecule has 1 rings (SSSR count). The molecule has 15 heavy (non-hydrogen) atoms. The number of hydrogen-bond acceptors (Lipinski definition) is 3. The van der Waals surface area contributed by atoms with Gasteiger partial charge in [0.05, 0.1) is 6.54 Å². The van der Waals surface area contributed by atoms with Crippen LogP contribution >= 0.6 is 0 Å². The fourth-order valence-electron chi connectivity index (χ4n) is 1.34. The highest BCUT2D eigenvalue weighted by Crippen LogP contribution is 2.14. The molecule has 0 aliphatic carbocycles. The fraction of sp³-hybridized carbons (Fsp3) is 0.333. The smallest absolute Gasteiger partial charge is 0.0541 e. The van der Waals surface area contributed by atoms with Crippen LogP contribution in [0.15, 0.2) is 48.0 Å². The summed E-state index contributed by atoms with van der Waals surface area (Å²) in [6.45, 7) is 11.5. The highest BCUT2D eigenvalue weighted by Gasteiger charge is 2.07. The molecule has 3 nitrogen and oxygen atoms in total. The monoisotopic (exact) mass is 205 g/mol. The van der Waals surface area contributed by atoms with Crippen LogP contribution in [0.1, 0.15) is 6.92 Å². The topological polar surface area (TPSA) is 36.1 Å². The van der Waals surface area contributed by atoms with E-state index in [1.807, 2.05) is 13.2 Å². The van der Waals surface area contributed by atoms with Gasteiger partial charge in [0.15, 0.2) is 0 Å². The van der Waals surface area contributed by atoms with Crippen molar-refractivity contribution < 1.29 is 0 Å². The van der Waals surface area contributed by atoms with E-state index in [2.05, 4.69) is 42.1 Å². The molecule has 1 aliphatic rings. The quantitative estimate of drug-likeness (QED) is 0.632. The molecule has 0 bridgehead atoms. The zero-order valence-electron chi connectivity index (χ0n) is 9.48. The lowest BCUT2D eigenvalue weighted by Gasteiger charge is -2.19. The Kier molecular flexibility index (Phi) is 4.03. The summed E-state index contributed by atoms with van der Waals surface area (Å²) in [5.41, 5.74) is 4.39. The summed E-state index contributed by atoms with van der Waals surface area (Å²) < 4.78 is 0. The average Bonchev–Trinajstić information content (AvgIpc) is 2.26. The van der Waals surface area contributed by atoms with E-state index in [0.29, 0.717) is 6.54 Å². The van der Waals surface area contributed by atoms with Crippen LogP contribution < -0.4 is 16.0 Å². The van der Waals surface area contributed by atoms with Crippen LogP contribution in [0.5, 0.6) is 0 Å². The minimum atomic E-state index is 0.704. The van der Waals surface area contributed by atoms with Gasteiger partial charge in [-0.1, -0.05) is 13.2 Å². The van der Waals surface area contributed by atoms with Gasteiger partial charge in [0.1, 0.15) is 0 Å². The van der Waals surface area contributed by atoms with E-state index in [4.69, 9.17) is 0 Å².